The quantitative estimate of drug-likeness (QED) is 0.895. The van der Waals surface area contributed by atoms with E-state index in [2.05, 4.69) is 0 Å². The molecule has 0 aliphatic carbocycles. The molecule has 126 valence electrons. The van der Waals surface area contributed by atoms with Gasteiger partial charge in [-0.25, -0.2) is 8.42 Å². The predicted octanol–water partition coefficient (Wildman–Crippen LogP) is 3.61. The van der Waals surface area contributed by atoms with E-state index in [-0.39, 0.29) is 6.04 Å². The van der Waals surface area contributed by atoms with Crippen molar-refractivity contribution in [2.75, 3.05) is 13.1 Å². The van der Waals surface area contributed by atoms with E-state index in [0.29, 0.717) is 28.9 Å². The van der Waals surface area contributed by atoms with Crippen LogP contribution in [0.5, 0.6) is 0 Å². The molecule has 7 heteroatoms. The predicted molar refractivity (Wildman–Crippen MR) is 96.7 cm³/mol. The Morgan fingerprint density at radius 2 is 2.00 bits per heavy atom. The Morgan fingerprint density at radius 1 is 1.35 bits per heavy atom. The Labute approximate surface area is 146 Å². The van der Waals surface area contributed by atoms with Gasteiger partial charge in [-0.05, 0) is 50.8 Å². The van der Waals surface area contributed by atoms with Gasteiger partial charge in [-0.3, -0.25) is 0 Å². The third kappa shape index (κ3) is 3.15. The van der Waals surface area contributed by atoms with Crippen molar-refractivity contribution < 1.29 is 8.42 Å². The van der Waals surface area contributed by atoms with Gasteiger partial charge in [0.05, 0.1) is 0 Å². The van der Waals surface area contributed by atoms with Gasteiger partial charge in [0.15, 0.2) is 0 Å². The van der Waals surface area contributed by atoms with E-state index in [1.165, 1.54) is 11.3 Å². The largest absolute Gasteiger partial charge is 0.328 e. The van der Waals surface area contributed by atoms with E-state index in [0.717, 1.165) is 27.8 Å². The maximum Gasteiger partial charge on any atom is 0.244 e. The minimum absolute atomic E-state index is 0.113. The first-order chi connectivity index (χ1) is 10.8. The Balaban J connectivity index is 1.98. The van der Waals surface area contributed by atoms with Crippen molar-refractivity contribution >= 4 is 43.0 Å². The summed E-state index contributed by atoms with van der Waals surface area (Å²) in [5.41, 5.74) is 5.95. The van der Waals surface area contributed by atoms with Crippen molar-refractivity contribution in [1.82, 2.24) is 4.31 Å². The summed E-state index contributed by atoms with van der Waals surface area (Å²) in [5.74, 6) is 0.399. The second-order valence-electron chi connectivity index (χ2n) is 6.23. The summed E-state index contributed by atoms with van der Waals surface area (Å²) in [4.78, 5) is 1.23. The second kappa shape index (κ2) is 6.33. The molecule has 2 N–H and O–H groups in total. The van der Waals surface area contributed by atoms with Crippen LogP contribution in [-0.2, 0) is 10.0 Å². The van der Waals surface area contributed by atoms with Crippen LogP contribution < -0.4 is 5.73 Å². The average Bonchev–Trinajstić information content (AvgIpc) is 2.83. The lowest BCUT2D eigenvalue weighted by atomic mass is 9.92. The summed E-state index contributed by atoms with van der Waals surface area (Å²) in [7, 11) is -3.50. The zero-order valence-electron chi connectivity index (χ0n) is 13.3. The molecule has 1 aliphatic heterocycles. The third-order valence-electron chi connectivity index (χ3n) is 4.61. The fourth-order valence-corrected chi connectivity index (χ4v) is 6.64. The summed E-state index contributed by atoms with van der Waals surface area (Å²) >= 11 is 7.57. The average molecular weight is 373 g/mol. The van der Waals surface area contributed by atoms with E-state index in [9.17, 15) is 8.42 Å². The molecule has 1 fully saturated rings. The lowest BCUT2D eigenvalue weighted by Gasteiger charge is -2.33. The highest BCUT2D eigenvalue weighted by molar-refractivity contribution is 7.89. The highest BCUT2D eigenvalue weighted by atomic mass is 35.5. The van der Waals surface area contributed by atoms with Gasteiger partial charge in [0.25, 0.3) is 0 Å². The molecular weight excluding hydrogens is 352 g/mol. The first kappa shape index (κ1) is 17.2. The fourth-order valence-electron chi connectivity index (χ4n) is 3.26. The van der Waals surface area contributed by atoms with Crippen LogP contribution in [0.1, 0.15) is 24.6 Å². The van der Waals surface area contributed by atoms with Gasteiger partial charge in [-0.15, -0.1) is 11.3 Å². The number of fused-ring (bicyclic) bond motifs is 1. The lowest BCUT2D eigenvalue weighted by Crippen LogP contribution is -2.42. The number of nitrogens with two attached hydrogens (primary N) is 1. The Hall–Kier alpha value is -0.660. The van der Waals surface area contributed by atoms with Crippen molar-refractivity contribution in [3.63, 3.8) is 0 Å². The van der Waals surface area contributed by atoms with Gasteiger partial charge >= 0.3 is 0 Å². The molecule has 2 heterocycles. The normalized spacial score (nSPS) is 19.3. The van der Waals surface area contributed by atoms with Crippen LogP contribution in [0.3, 0.4) is 0 Å². The molecule has 0 amide bonds. The number of thiophene rings is 1. The van der Waals surface area contributed by atoms with Gasteiger partial charge < -0.3 is 5.73 Å². The molecule has 1 saturated heterocycles. The van der Waals surface area contributed by atoms with Crippen LogP contribution in [0.25, 0.3) is 10.1 Å². The molecule has 0 bridgehead atoms. The summed E-state index contributed by atoms with van der Waals surface area (Å²) < 4.78 is 28.8. The Kier molecular flexibility index (Phi) is 4.73. The van der Waals surface area contributed by atoms with Crippen LogP contribution in [0, 0.1) is 12.8 Å². The monoisotopic (exact) mass is 372 g/mol. The third-order valence-corrected chi connectivity index (χ3v) is 8.15. The molecular formula is C16H21ClN2O2S2. The SMILES string of the molecule is Cc1sc2ccc(Cl)cc2c1S(=O)(=O)N1CCC(C(C)N)CC1. The molecule has 2 aromatic rings. The van der Waals surface area contributed by atoms with Crippen molar-refractivity contribution in [2.45, 2.75) is 37.6 Å². The molecule has 1 aliphatic rings. The number of halogens is 1. The number of hydrogen-bond donors (Lipinski definition) is 1. The van der Waals surface area contributed by atoms with Gasteiger partial charge in [0.2, 0.25) is 10.0 Å². The first-order valence-electron chi connectivity index (χ1n) is 7.75. The summed E-state index contributed by atoms with van der Waals surface area (Å²) in [6.45, 7) is 4.92. The van der Waals surface area contributed by atoms with Crippen LogP contribution in [0.15, 0.2) is 23.1 Å². The topological polar surface area (TPSA) is 63.4 Å². The second-order valence-corrected chi connectivity index (χ2v) is 9.80. The molecule has 0 spiro atoms. The van der Waals surface area contributed by atoms with E-state index in [1.54, 1.807) is 16.4 Å². The molecule has 1 aromatic carbocycles. The zero-order chi connectivity index (χ0) is 16.8. The smallest absolute Gasteiger partial charge is 0.244 e. The molecule has 4 nitrogen and oxygen atoms in total. The standard InChI is InChI=1S/C16H21ClN2O2S2/c1-10(18)12-5-7-19(8-6-12)23(20,21)16-11(2)22-15-4-3-13(17)9-14(15)16/h3-4,9-10,12H,5-8,18H2,1-2H3. The summed E-state index contributed by atoms with van der Waals surface area (Å²) in [6, 6.07) is 5.55. The number of sulfonamides is 1. The maximum absolute atomic E-state index is 13.1. The molecule has 0 radical (unpaired) electrons. The number of aryl methyl sites for hydroxylation is 1. The molecule has 1 atom stereocenters. The molecule has 0 saturated carbocycles. The van der Waals surface area contributed by atoms with Crippen LogP contribution in [0.2, 0.25) is 5.02 Å². The van der Waals surface area contributed by atoms with Crippen molar-refractivity contribution in [2.24, 2.45) is 11.7 Å². The molecule has 23 heavy (non-hydrogen) atoms. The minimum Gasteiger partial charge on any atom is -0.328 e. The van der Waals surface area contributed by atoms with Crippen LogP contribution in [-0.4, -0.2) is 31.9 Å². The highest BCUT2D eigenvalue weighted by Crippen LogP contribution is 2.38. The minimum atomic E-state index is -3.50. The van der Waals surface area contributed by atoms with Crippen molar-refractivity contribution in [3.05, 3.63) is 28.1 Å². The zero-order valence-corrected chi connectivity index (χ0v) is 15.6. The lowest BCUT2D eigenvalue weighted by molar-refractivity contribution is 0.251. The summed E-state index contributed by atoms with van der Waals surface area (Å²) in [5, 5.41) is 1.29. The fraction of sp³-hybridized carbons (Fsp3) is 0.500. The number of rotatable bonds is 3. The summed E-state index contributed by atoms with van der Waals surface area (Å²) in [6.07, 6.45) is 1.64. The number of benzene rings is 1. The molecule has 1 unspecified atom stereocenters. The van der Waals surface area contributed by atoms with Crippen molar-refractivity contribution in [3.8, 4) is 0 Å². The number of piperidine rings is 1. The van der Waals surface area contributed by atoms with E-state index >= 15 is 0 Å². The molecule has 1 aromatic heterocycles. The van der Waals surface area contributed by atoms with Crippen LogP contribution in [0.4, 0.5) is 0 Å². The maximum atomic E-state index is 13.1. The van der Waals surface area contributed by atoms with Gasteiger partial charge in [-0.1, -0.05) is 11.6 Å². The van der Waals surface area contributed by atoms with Gasteiger partial charge in [0.1, 0.15) is 4.90 Å². The van der Waals surface area contributed by atoms with E-state index in [4.69, 9.17) is 17.3 Å². The first-order valence-corrected chi connectivity index (χ1v) is 10.4. The Bertz CT molecular complexity index is 822. The van der Waals surface area contributed by atoms with Gasteiger partial charge in [-0.2, -0.15) is 4.31 Å². The van der Waals surface area contributed by atoms with Crippen LogP contribution >= 0.6 is 22.9 Å². The van der Waals surface area contributed by atoms with Gasteiger partial charge in [0, 0.05) is 39.1 Å². The number of hydrogen-bond acceptors (Lipinski definition) is 4. The van der Waals surface area contributed by atoms with Crippen molar-refractivity contribution in [1.29, 1.82) is 0 Å². The van der Waals surface area contributed by atoms with E-state index in [1.807, 2.05) is 19.9 Å². The number of nitrogens with zero attached hydrogens (tertiary/aromatic N) is 1. The Morgan fingerprint density at radius 3 is 2.61 bits per heavy atom. The van der Waals surface area contributed by atoms with E-state index < -0.39 is 10.0 Å². The molecule has 3 rings (SSSR count). The highest BCUT2D eigenvalue weighted by Gasteiger charge is 2.33.